The normalized spacial score (nSPS) is 21.2. The maximum Gasteiger partial charge on any atom is 0.263 e. The highest BCUT2D eigenvalue weighted by Crippen LogP contribution is 2.49. The summed E-state index contributed by atoms with van der Waals surface area (Å²) >= 11 is 1.50. The highest BCUT2D eigenvalue weighted by atomic mass is 32.1. The van der Waals surface area contributed by atoms with E-state index in [1.165, 1.54) is 16.9 Å². The molecule has 7 heteroatoms. The fraction of sp³-hybridized carbons (Fsp3) is 0.381. The van der Waals surface area contributed by atoms with Gasteiger partial charge in [0.05, 0.1) is 10.8 Å². The molecule has 1 atom stereocenters. The molecule has 28 heavy (non-hydrogen) atoms. The molecule has 2 aromatic heterocycles. The summed E-state index contributed by atoms with van der Waals surface area (Å²) in [5.74, 6) is 1.58. The number of amides is 1. The number of hydrogen-bond acceptors (Lipinski definition) is 6. The first kappa shape index (κ1) is 17.6. The van der Waals surface area contributed by atoms with Crippen molar-refractivity contribution in [3.8, 4) is 0 Å². The summed E-state index contributed by atoms with van der Waals surface area (Å²) < 4.78 is 5.81. The molecule has 144 valence electrons. The standard InChI is InChI=1S/C21H22N4O2S/c1-15-22-23-19(27-15)17-11-24(10-16-6-3-2-4-7-16)12-21(17)13-25(14-21)20(26)18-8-5-9-28-18/h2-9,17H,10-14H2,1H3. The third-order valence-electron chi connectivity index (χ3n) is 5.84. The molecule has 1 aromatic carbocycles. The second-order valence-corrected chi connectivity index (χ2v) is 8.82. The molecule has 0 aliphatic carbocycles. The van der Waals surface area contributed by atoms with Crippen molar-refractivity contribution < 1.29 is 9.21 Å². The summed E-state index contributed by atoms with van der Waals surface area (Å²) in [7, 11) is 0. The Balaban J connectivity index is 1.36. The van der Waals surface area contributed by atoms with E-state index in [1.807, 2.05) is 35.4 Å². The fourth-order valence-corrected chi connectivity index (χ4v) is 5.25. The van der Waals surface area contributed by atoms with Crippen LogP contribution >= 0.6 is 11.3 Å². The van der Waals surface area contributed by atoms with Gasteiger partial charge in [0.25, 0.3) is 5.91 Å². The molecule has 0 saturated carbocycles. The van der Waals surface area contributed by atoms with Gasteiger partial charge in [-0.25, -0.2) is 0 Å². The first-order valence-corrected chi connectivity index (χ1v) is 10.4. The maximum absolute atomic E-state index is 12.7. The van der Waals surface area contributed by atoms with Crippen molar-refractivity contribution in [3.05, 3.63) is 70.1 Å². The molecule has 1 amide bonds. The van der Waals surface area contributed by atoms with Crippen molar-refractivity contribution in [1.29, 1.82) is 0 Å². The van der Waals surface area contributed by atoms with Crippen molar-refractivity contribution in [2.45, 2.75) is 19.4 Å². The molecule has 0 bridgehead atoms. The number of benzene rings is 1. The predicted molar refractivity (Wildman–Crippen MR) is 106 cm³/mol. The molecular formula is C21H22N4O2S. The van der Waals surface area contributed by atoms with Crippen LogP contribution in [0.1, 0.15) is 32.9 Å². The third-order valence-corrected chi connectivity index (χ3v) is 6.70. The van der Waals surface area contributed by atoms with Crippen LogP contribution in [0, 0.1) is 12.3 Å². The van der Waals surface area contributed by atoms with Gasteiger partial charge >= 0.3 is 0 Å². The summed E-state index contributed by atoms with van der Waals surface area (Å²) in [6.07, 6.45) is 0. The zero-order valence-electron chi connectivity index (χ0n) is 15.7. The molecule has 6 nitrogen and oxygen atoms in total. The second-order valence-electron chi connectivity index (χ2n) is 7.87. The van der Waals surface area contributed by atoms with Crippen molar-refractivity contribution in [1.82, 2.24) is 20.0 Å². The van der Waals surface area contributed by atoms with Gasteiger partial charge < -0.3 is 9.32 Å². The van der Waals surface area contributed by atoms with Gasteiger partial charge in [-0.1, -0.05) is 36.4 Å². The van der Waals surface area contributed by atoms with E-state index in [1.54, 1.807) is 0 Å². The van der Waals surface area contributed by atoms with Gasteiger partial charge in [-0.3, -0.25) is 9.69 Å². The van der Waals surface area contributed by atoms with Crippen LogP contribution in [0.25, 0.3) is 0 Å². The number of carbonyl (C=O) groups is 1. The average molecular weight is 395 g/mol. The van der Waals surface area contributed by atoms with E-state index in [2.05, 4.69) is 39.4 Å². The lowest BCUT2D eigenvalue weighted by Crippen LogP contribution is -2.61. The topological polar surface area (TPSA) is 62.5 Å². The SMILES string of the molecule is Cc1nnc(C2CN(Cc3ccccc3)CC23CN(C(=O)c2cccs2)C3)o1. The Labute approximate surface area is 167 Å². The lowest BCUT2D eigenvalue weighted by atomic mass is 9.71. The Morgan fingerprint density at radius 1 is 1.18 bits per heavy atom. The monoisotopic (exact) mass is 394 g/mol. The van der Waals surface area contributed by atoms with E-state index in [0.29, 0.717) is 11.8 Å². The van der Waals surface area contributed by atoms with Crippen LogP contribution in [0.2, 0.25) is 0 Å². The molecule has 2 saturated heterocycles. The molecule has 2 aliphatic heterocycles. The lowest BCUT2D eigenvalue weighted by Gasteiger charge is -2.50. The fourth-order valence-electron chi connectivity index (χ4n) is 4.56. The van der Waals surface area contributed by atoms with Gasteiger partial charge in [0.1, 0.15) is 0 Å². The van der Waals surface area contributed by atoms with E-state index in [4.69, 9.17) is 4.42 Å². The Kier molecular flexibility index (Phi) is 4.29. The van der Waals surface area contributed by atoms with Gasteiger partial charge in [0.2, 0.25) is 11.8 Å². The van der Waals surface area contributed by atoms with E-state index < -0.39 is 0 Å². The quantitative estimate of drug-likeness (QED) is 0.680. The molecular weight excluding hydrogens is 372 g/mol. The van der Waals surface area contributed by atoms with Gasteiger partial charge in [0.15, 0.2) is 0 Å². The second kappa shape index (κ2) is 6.83. The Hall–Kier alpha value is -2.51. The summed E-state index contributed by atoms with van der Waals surface area (Å²) in [6.45, 7) is 6.00. The molecule has 1 unspecified atom stereocenters. The molecule has 3 aromatic rings. The van der Waals surface area contributed by atoms with E-state index in [-0.39, 0.29) is 17.2 Å². The van der Waals surface area contributed by atoms with Gasteiger partial charge in [-0.15, -0.1) is 21.5 Å². The lowest BCUT2D eigenvalue weighted by molar-refractivity contribution is -0.000285. The molecule has 4 heterocycles. The van der Waals surface area contributed by atoms with Gasteiger partial charge in [-0.05, 0) is 17.0 Å². The van der Waals surface area contributed by atoms with Crippen LogP contribution in [0.5, 0.6) is 0 Å². The number of likely N-dealkylation sites (tertiary alicyclic amines) is 2. The Morgan fingerprint density at radius 2 is 2.00 bits per heavy atom. The third kappa shape index (κ3) is 3.04. The largest absolute Gasteiger partial charge is 0.425 e. The molecule has 0 N–H and O–H groups in total. The zero-order chi connectivity index (χ0) is 19.1. The zero-order valence-corrected chi connectivity index (χ0v) is 16.6. The number of nitrogens with zero attached hydrogens (tertiary/aromatic N) is 4. The van der Waals surface area contributed by atoms with Crippen molar-refractivity contribution in [3.63, 3.8) is 0 Å². The molecule has 0 radical (unpaired) electrons. The van der Waals surface area contributed by atoms with Crippen LogP contribution in [-0.2, 0) is 6.54 Å². The number of carbonyl (C=O) groups excluding carboxylic acids is 1. The predicted octanol–water partition coefficient (Wildman–Crippen LogP) is 3.18. The Morgan fingerprint density at radius 3 is 2.68 bits per heavy atom. The summed E-state index contributed by atoms with van der Waals surface area (Å²) in [6, 6.07) is 14.3. The highest BCUT2D eigenvalue weighted by Gasteiger charge is 2.57. The molecule has 5 rings (SSSR count). The summed E-state index contributed by atoms with van der Waals surface area (Å²) in [5.41, 5.74) is 1.28. The number of hydrogen-bond donors (Lipinski definition) is 0. The minimum atomic E-state index is -0.0132. The van der Waals surface area contributed by atoms with Crippen LogP contribution in [0.15, 0.2) is 52.3 Å². The first-order valence-electron chi connectivity index (χ1n) is 9.52. The minimum absolute atomic E-state index is 0.0132. The maximum atomic E-state index is 12.7. The minimum Gasteiger partial charge on any atom is -0.425 e. The van der Waals surface area contributed by atoms with Crippen molar-refractivity contribution >= 4 is 17.2 Å². The number of aryl methyl sites for hydroxylation is 1. The molecule has 1 spiro atoms. The van der Waals surface area contributed by atoms with E-state index in [9.17, 15) is 4.79 Å². The van der Waals surface area contributed by atoms with Crippen LogP contribution < -0.4 is 0 Å². The van der Waals surface area contributed by atoms with Crippen LogP contribution in [-0.4, -0.2) is 52.1 Å². The highest BCUT2D eigenvalue weighted by molar-refractivity contribution is 7.12. The summed E-state index contributed by atoms with van der Waals surface area (Å²) in [5, 5.41) is 10.3. The molecule has 2 aliphatic rings. The van der Waals surface area contributed by atoms with Gasteiger partial charge in [-0.2, -0.15) is 0 Å². The van der Waals surface area contributed by atoms with Crippen LogP contribution in [0.3, 0.4) is 0 Å². The molecule has 2 fully saturated rings. The first-order chi connectivity index (χ1) is 13.6. The number of aromatic nitrogens is 2. The Bertz CT molecular complexity index is 963. The van der Waals surface area contributed by atoms with Crippen molar-refractivity contribution in [2.75, 3.05) is 26.2 Å². The van der Waals surface area contributed by atoms with Gasteiger partial charge in [0, 0.05) is 45.1 Å². The number of rotatable bonds is 4. The number of thiophene rings is 1. The van der Waals surface area contributed by atoms with Crippen molar-refractivity contribution in [2.24, 2.45) is 5.41 Å². The smallest absolute Gasteiger partial charge is 0.263 e. The summed E-state index contributed by atoms with van der Waals surface area (Å²) in [4.78, 5) is 17.9. The van der Waals surface area contributed by atoms with Crippen LogP contribution in [0.4, 0.5) is 0 Å². The van der Waals surface area contributed by atoms with E-state index >= 15 is 0 Å². The van der Waals surface area contributed by atoms with E-state index in [0.717, 1.165) is 37.6 Å². The average Bonchev–Trinajstić information content (AvgIpc) is 3.40.